The standard InChI is InChI=1S/C26H21N3O8/c1-16-7-9-24(22(11-16)29(33)34)35-15-20-8-10-25(36-20)26(30)27-18-12-19(28(31)32)14-21(13-18)37-23-6-4-3-5-17(23)2/h3-14H,15H2,1-2H3,(H,27,30). The van der Waals surface area contributed by atoms with Gasteiger partial charge in [-0.25, -0.2) is 0 Å². The number of nitrogens with zero attached hydrogens (tertiary/aromatic N) is 2. The quantitative estimate of drug-likeness (QED) is 0.206. The smallest absolute Gasteiger partial charge is 0.311 e. The molecule has 0 saturated heterocycles. The lowest BCUT2D eigenvalue weighted by Gasteiger charge is -2.10. The van der Waals surface area contributed by atoms with Gasteiger partial charge in [0.15, 0.2) is 11.5 Å². The van der Waals surface area contributed by atoms with Crippen LogP contribution in [0, 0.1) is 34.1 Å². The number of hydrogen-bond acceptors (Lipinski definition) is 8. The largest absolute Gasteiger partial charge is 0.479 e. The van der Waals surface area contributed by atoms with Gasteiger partial charge >= 0.3 is 5.69 Å². The summed E-state index contributed by atoms with van der Waals surface area (Å²) >= 11 is 0. The summed E-state index contributed by atoms with van der Waals surface area (Å²) in [6.45, 7) is 3.42. The number of non-ortho nitro benzene ring substituents is 1. The van der Waals surface area contributed by atoms with E-state index in [4.69, 9.17) is 13.9 Å². The molecule has 37 heavy (non-hydrogen) atoms. The highest BCUT2D eigenvalue weighted by molar-refractivity contribution is 6.02. The first kappa shape index (κ1) is 24.9. The maximum Gasteiger partial charge on any atom is 0.311 e. The number of anilines is 1. The molecule has 0 atom stereocenters. The van der Waals surface area contributed by atoms with Crippen LogP contribution in [-0.2, 0) is 6.61 Å². The van der Waals surface area contributed by atoms with Crippen LogP contribution in [0.3, 0.4) is 0 Å². The van der Waals surface area contributed by atoms with E-state index >= 15 is 0 Å². The molecule has 11 nitrogen and oxygen atoms in total. The Morgan fingerprint density at radius 1 is 0.919 bits per heavy atom. The predicted octanol–water partition coefficient (Wildman–Crippen LogP) is 6.34. The van der Waals surface area contributed by atoms with E-state index in [1.165, 1.54) is 42.5 Å². The third-order valence-electron chi connectivity index (χ3n) is 5.25. The van der Waals surface area contributed by atoms with Crippen LogP contribution in [0.15, 0.2) is 77.2 Å². The van der Waals surface area contributed by atoms with Gasteiger partial charge in [-0.3, -0.25) is 25.0 Å². The summed E-state index contributed by atoms with van der Waals surface area (Å²) in [7, 11) is 0. The molecule has 0 aliphatic heterocycles. The number of para-hydroxylation sites is 1. The zero-order chi connectivity index (χ0) is 26.5. The molecule has 0 aliphatic carbocycles. The molecule has 1 aromatic heterocycles. The SMILES string of the molecule is Cc1ccc(OCc2ccc(C(=O)Nc3cc(Oc4ccccc4C)cc([N+](=O)[O-])c3)o2)c([N+](=O)[O-])c1. The second-order valence-corrected chi connectivity index (χ2v) is 8.08. The van der Waals surface area contributed by atoms with Crippen molar-refractivity contribution in [2.24, 2.45) is 0 Å². The number of ether oxygens (including phenoxy) is 2. The van der Waals surface area contributed by atoms with Crippen molar-refractivity contribution in [1.29, 1.82) is 0 Å². The average Bonchev–Trinajstić information content (AvgIpc) is 3.34. The van der Waals surface area contributed by atoms with Crippen molar-refractivity contribution < 1.29 is 28.5 Å². The van der Waals surface area contributed by atoms with Crippen molar-refractivity contribution in [2.75, 3.05) is 5.32 Å². The summed E-state index contributed by atoms with van der Waals surface area (Å²) in [4.78, 5) is 34.3. The zero-order valence-corrected chi connectivity index (χ0v) is 19.8. The lowest BCUT2D eigenvalue weighted by atomic mass is 10.2. The number of furan rings is 1. The molecule has 0 bridgehead atoms. The molecule has 0 spiro atoms. The van der Waals surface area contributed by atoms with E-state index in [1.54, 1.807) is 25.1 Å². The van der Waals surface area contributed by atoms with Gasteiger partial charge in [0.2, 0.25) is 0 Å². The molecule has 1 amide bonds. The first-order chi connectivity index (χ1) is 17.7. The molecule has 3 aromatic carbocycles. The second kappa shape index (κ2) is 10.6. The van der Waals surface area contributed by atoms with Crippen LogP contribution in [-0.4, -0.2) is 15.8 Å². The number of benzene rings is 3. The number of rotatable bonds is 9. The molecule has 1 heterocycles. The van der Waals surface area contributed by atoms with Crippen molar-refractivity contribution in [2.45, 2.75) is 20.5 Å². The lowest BCUT2D eigenvalue weighted by molar-refractivity contribution is -0.386. The summed E-state index contributed by atoms with van der Waals surface area (Å²) in [5, 5.41) is 25.2. The number of aryl methyl sites for hydroxylation is 2. The Kier molecular flexibility index (Phi) is 7.14. The van der Waals surface area contributed by atoms with E-state index in [-0.39, 0.29) is 46.7 Å². The predicted molar refractivity (Wildman–Crippen MR) is 133 cm³/mol. The number of amides is 1. The van der Waals surface area contributed by atoms with Crippen LogP contribution in [0.4, 0.5) is 17.1 Å². The summed E-state index contributed by atoms with van der Waals surface area (Å²) in [5.74, 6) is 0.273. The zero-order valence-electron chi connectivity index (χ0n) is 19.8. The number of carbonyl (C=O) groups is 1. The number of hydrogen-bond donors (Lipinski definition) is 1. The van der Waals surface area contributed by atoms with Gasteiger partial charge in [0, 0.05) is 18.2 Å². The Bertz CT molecular complexity index is 1490. The Morgan fingerprint density at radius 2 is 1.70 bits per heavy atom. The number of carbonyl (C=O) groups excluding carboxylic acids is 1. The van der Waals surface area contributed by atoms with Crippen LogP contribution in [0.5, 0.6) is 17.2 Å². The maximum atomic E-state index is 12.7. The van der Waals surface area contributed by atoms with E-state index in [1.807, 2.05) is 19.1 Å². The fourth-order valence-electron chi connectivity index (χ4n) is 3.43. The highest BCUT2D eigenvalue weighted by Gasteiger charge is 2.18. The number of nitro groups is 2. The van der Waals surface area contributed by atoms with Gasteiger partial charge < -0.3 is 19.2 Å². The lowest BCUT2D eigenvalue weighted by Crippen LogP contribution is -2.11. The number of nitrogens with one attached hydrogen (secondary N) is 1. The molecule has 0 radical (unpaired) electrons. The molecule has 188 valence electrons. The summed E-state index contributed by atoms with van der Waals surface area (Å²) in [6.07, 6.45) is 0. The third kappa shape index (κ3) is 6.09. The Hall–Kier alpha value is -5.19. The highest BCUT2D eigenvalue weighted by Crippen LogP contribution is 2.32. The molecule has 0 aliphatic rings. The van der Waals surface area contributed by atoms with Gasteiger partial charge in [0.1, 0.15) is 23.9 Å². The summed E-state index contributed by atoms with van der Waals surface area (Å²) in [5.41, 5.74) is 1.23. The third-order valence-corrected chi connectivity index (χ3v) is 5.25. The molecule has 0 saturated carbocycles. The van der Waals surface area contributed by atoms with Gasteiger partial charge in [-0.05, 0) is 49.2 Å². The topological polar surface area (TPSA) is 147 Å². The number of nitro benzene ring substituents is 2. The molecule has 1 N–H and O–H groups in total. The second-order valence-electron chi connectivity index (χ2n) is 8.08. The fraction of sp³-hybridized carbons (Fsp3) is 0.115. The monoisotopic (exact) mass is 503 g/mol. The molecular weight excluding hydrogens is 482 g/mol. The molecule has 4 aromatic rings. The van der Waals surface area contributed by atoms with Crippen molar-refractivity contribution in [3.8, 4) is 17.2 Å². The van der Waals surface area contributed by atoms with Crippen LogP contribution in [0.1, 0.15) is 27.4 Å². The normalized spacial score (nSPS) is 10.5. The van der Waals surface area contributed by atoms with Gasteiger partial charge in [-0.2, -0.15) is 0 Å². The maximum absolute atomic E-state index is 12.7. The highest BCUT2D eigenvalue weighted by atomic mass is 16.6. The first-order valence-electron chi connectivity index (χ1n) is 11.0. The van der Waals surface area contributed by atoms with Gasteiger partial charge in [0.25, 0.3) is 11.6 Å². The Morgan fingerprint density at radius 3 is 2.43 bits per heavy atom. The van der Waals surface area contributed by atoms with Crippen LogP contribution in [0.2, 0.25) is 0 Å². The van der Waals surface area contributed by atoms with E-state index in [0.29, 0.717) is 11.3 Å². The molecule has 0 unspecified atom stereocenters. The molecule has 4 rings (SSSR count). The van der Waals surface area contributed by atoms with Gasteiger partial charge in [0.05, 0.1) is 21.6 Å². The minimum absolute atomic E-state index is 0.0655. The minimum atomic E-state index is -0.657. The van der Waals surface area contributed by atoms with Gasteiger partial charge in [-0.15, -0.1) is 0 Å². The van der Waals surface area contributed by atoms with Crippen LogP contribution in [0.25, 0.3) is 0 Å². The van der Waals surface area contributed by atoms with Crippen LogP contribution >= 0.6 is 0 Å². The first-order valence-corrected chi connectivity index (χ1v) is 11.0. The van der Waals surface area contributed by atoms with Gasteiger partial charge in [-0.1, -0.05) is 24.3 Å². The van der Waals surface area contributed by atoms with E-state index < -0.39 is 15.8 Å². The molecule has 0 fully saturated rings. The molecule has 11 heteroatoms. The van der Waals surface area contributed by atoms with Crippen LogP contribution < -0.4 is 14.8 Å². The van der Waals surface area contributed by atoms with Crippen molar-refractivity contribution in [3.05, 3.63) is 116 Å². The summed E-state index contributed by atoms with van der Waals surface area (Å²) < 4.78 is 16.8. The minimum Gasteiger partial charge on any atom is -0.479 e. The fourth-order valence-corrected chi connectivity index (χ4v) is 3.43. The average molecular weight is 503 g/mol. The molecular formula is C26H21N3O8. The van der Waals surface area contributed by atoms with E-state index in [0.717, 1.165) is 5.56 Å². The van der Waals surface area contributed by atoms with Crippen molar-refractivity contribution in [3.63, 3.8) is 0 Å². The van der Waals surface area contributed by atoms with E-state index in [9.17, 15) is 25.0 Å². The Labute approximate surface area is 210 Å². The van der Waals surface area contributed by atoms with Crippen molar-refractivity contribution in [1.82, 2.24) is 0 Å². The van der Waals surface area contributed by atoms with E-state index in [2.05, 4.69) is 5.32 Å². The summed E-state index contributed by atoms with van der Waals surface area (Å²) in [6, 6.07) is 18.6. The van der Waals surface area contributed by atoms with Crippen molar-refractivity contribution >= 4 is 23.0 Å². The Balaban J connectivity index is 1.48.